The van der Waals surface area contributed by atoms with Crippen molar-refractivity contribution in [2.75, 3.05) is 38.6 Å². The molecule has 8 heteroatoms. The van der Waals surface area contributed by atoms with E-state index >= 15 is 0 Å². The first-order valence-corrected chi connectivity index (χ1v) is 11.0. The van der Waals surface area contributed by atoms with Gasteiger partial charge in [-0.3, -0.25) is 9.59 Å². The Labute approximate surface area is 174 Å². The molecule has 1 N–H and O–H groups in total. The molecule has 1 aromatic carbocycles. The molecule has 0 saturated carbocycles. The van der Waals surface area contributed by atoms with Gasteiger partial charge in [-0.1, -0.05) is 6.07 Å². The Morgan fingerprint density at radius 1 is 1.17 bits per heavy atom. The second-order valence-electron chi connectivity index (χ2n) is 7.52. The maximum absolute atomic E-state index is 13.0. The number of benzene rings is 1. The third-order valence-corrected chi connectivity index (χ3v) is 6.28. The molecule has 1 atom stereocenters. The van der Waals surface area contributed by atoms with Crippen LogP contribution >= 0.6 is 11.3 Å². The van der Waals surface area contributed by atoms with Gasteiger partial charge >= 0.3 is 0 Å². The van der Waals surface area contributed by atoms with Crippen LogP contribution in [0.15, 0.2) is 29.6 Å². The summed E-state index contributed by atoms with van der Waals surface area (Å²) in [5.74, 6) is 0.779. The summed E-state index contributed by atoms with van der Waals surface area (Å²) in [7, 11) is 1.62. The van der Waals surface area contributed by atoms with E-state index in [0.29, 0.717) is 23.9 Å². The van der Waals surface area contributed by atoms with Gasteiger partial charge in [0.25, 0.3) is 5.91 Å². The van der Waals surface area contributed by atoms with Gasteiger partial charge in [0.05, 0.1) is 13.0 Å². The van der Waals surface area contributed by atoms with E-state index < -0.39 is 0 Å². The maximum atomic E-state index is 13.0. The zero-order valence-electron chi connectivity index (χ0n) is 16.6. The number of aromatic nitrogens is 1. The molecule has 2 aromatic rings. The quantitative estimate of drug-likeness (QED) is 0.812. The van der Waals surface area contributed by atoms with E-state index in [1.54, 1.807) is 17.4 Å². The predicted molar refractivity (Wildman–Crippen MR) is 113 cm³/mol. The number of hydrogen-bond donors (Lipinski definition) is 1. The lowest BCUT2D eigenvalue weighted by molar-refractivity contribution is -0.135. The molecule has 2 aliphatic heterocycles. The van der Waals surface area contributed by atoms with E-state index in [1.165, 1.54) is 11.3 Å². The highest BCUT2D eigenvalue weighted by Gasteiger charge is 2.33. The summed E-state index contributed by atoms with van der Waals surface area (Å²) in [6.45, 7) is 2.88. The van der Waals surface area contributed by atoms with Crippen LogP contribution in [0.4, 0.5) is 10.8 Å². The molecule has 3 heterocycles. The Morgan fingerprint density at radius 2 is 1.97 bits per heavy atom. The van der Waals surface area contributed by atoms with Crippen LogP contribution in [-0.4, -0.2) is 59.9 Å². The van der Waals surface area contributed by atoms with E-state index in [2.05, 4.69) is 10.3 Å². The smallest absolute Gasteiger partial charge is 0.273 e. The molecule has 2 saturated heterocycles. The second kappa shape index (κ2) is 8.82. The van der Waals surface area contributed by atoms with Crippen molar-refractivity contribution in [2.45, 2.75) is 25.7 Å². The van der Waals surface area contributed by atoms with Gasteiger partial charge in [0.2, 0.25) is 5.91 Å². The SMILES string of the molecule is COc1cccc(Nc2nc(C(=O)N3CCCC(C(=O)N4CCCC4)C3)cs2)c1. The van der Waals surface area contributed by atoms with Gasteiger partial charge in [-0.25, -0.2) is 4.98 Å². The summed E-state index contributed by atoms with van der Waals surface area (Å²) in [5.41, 5.74) is 1.28. The first-order chi connectivity index (χ1) is 14.1. The van der Waals surface area contributed by atoms with Crippen LogP contribution in [-0.2, 0) is 4.79 Å². The molecule has 7 nitrogen and oxygen atoms in total. The average molecular weight is 415 g/mol. The van der Waals surface area contributed by atoms with Crippen molar-refractivity contribution in [3.63, 3.8) is 0 Å². The minimum atomic E-state index is -0.0983. The van der Waals surface area contributed by atoms with Crippen molar-refractivity contribution in [3.8, 4) is 5.75 Å². The van der Waals surface area contributed by atoms with Crippen molar-refractivity contribution in [1.29, 1.82) is 0 Å². The molecule has 29 heavy (non-hydrogen) atoms. The number of rotatable bonds is 5. The first kappa shape index (κ1) is 19.7. The zero-order valence-corrected chi connectivity index (χ0v) is 17.4. The Balaban J connectivity index is 1.39. The van der Waals surface area contributed by atoms with Crippen molar-refractivity contribution in [2.24, 2.45) is 5.92 Å². The van der Waals surface area contributed by atoms with Crippen molar-refractivity contribution in [3.05, 3.63) is 35.3 Å². The zero-order chi connectivity index (χ0) is 20.2. The summed E-state index contributed by atoms with van der Waals surface area (Å²) < 4.78 is 5.23. The molecule has 0 spiro atoms. The van der Waals surface area contributed by atoms with E-state index in [-0.39, 0.29) is 17.7 Å². The number of amides is 2. The van der Waals surface area contributed by atoms with Gasteiger partial charge in [-0.05, 0) is 37.8 Å². The summed E-state index contributed by atoms with van der Waals surface area (Å²) in [6.07, 6.45) is 3.89. The normalized spacial score (nSPS) is 19.3. The van der Waals surface area contributed by atoms with E-state index in [1.807, 2.05) is 29.2 Å². The third kappa shape index (κ3) is 4.53. The van der Waals surface area contributed by atoms with Crippen LogP contribution in [0, 0.1) is 5.92 Å². The first-order valence-electron chi connectivity index (χ1n) is 10.1. The van der Waals surface area contributed by atoms with Crippen LogP contribution in [0.2, 0.25) is 0 Å². The molecule has 1 aromatic heterocycles. The van der Waals surface area contributed by atoms with E-state index in [9.17, 15) is 9.59 Å². The van der Waals surface area contributed by atoms with Crippen LogP contribution in [0.3, 0.4) is 0 Å². The van der Waals surface area contributed by atoms with Gasteiger partial charge in [0.15, 0.2) is 5.13 Å². The number of carbonyl (C=O) groups is 2. The highest BCUT2D eigenvalue weighted by molar-refractivity contribution is 7.14. The van der Waals surface area contributed by atoms with Crippen molar-refractivity contribution < 1.29 is 14.3 Å². The molecule has 2 amide bonds. The van der Waals surface area contributed by atoms with Crippen molar-refractivity contribution >= 4 is 34.0 Å². The van der Waals surface area contributed by atoms with E-state index in [0.717, 1.165) is 50.2 Å². The number of nitrogens with zero attached hydrogens (tertiary/aromatic N) is 3. The average Bonchev–Trinajstić information content (AvgIpc) is 3.45. The third-order valence-electron chi connectivity index (χ3n) is 5.52. The van der Waals surface area contributed by atoms with Crippen LogP contribution in [0.1, 0.15) is 36.2 Å². The number of piperidine rings is 1. The Bertz CT molecular complexity index is 878. The molecule has 0 bridgehead atoms. The fourth-order valence-electron chi connectivity index (χ4n) is 3.97. The molecule has 2 aliphatic rings. The van der Waals surface area contributed by atoms with Gasteiger partial charge in [0.1, 0.15) is 11.4 Å². The highest BCUT2D eigenvalue weighted by Crippen LogP contribution is 2.26. The molecule has 2 fully saturated rings. The molecular formula is C21H26N4O3S. The van der Waals surface area contributed by atoms with Crippen LogP contribution in [0.25, 0.3) is 0 Å². The Kier molecular flexibility index (Phi) is 5.99. The monoisotopic (exact) mass is 414 g/mol. The lowest BCUT2D eigenvalue weighted by Crippen LogP contribution is -2.46. The van der Waals surface area contributed by atoms with Crippen LogP contribution < -0.4 is 10.1 Å². The predicted octanol–water partition coefficient (Wildman–Crippen LogP) is 3.37. The lowest BCUT2D eigenvalue weighted by Gasteiger charge is -2.33. The molecular weight excluding hydrogens is 388 g/mol. The molecule has 0 radical (unpaired) electrons. The summed E-state index contributed by atoms with van der Waals surface area (Å²) in [4.78, 5) is 33.9. The summed E-state index contributed by atoms with van der Waals surface area (Å²) in [6, 6.07) is 7.57. The highest BCUT2D eigenvalue weighted by atomic mass is 32.1. The topological polar surface area (TPSA) is 74.8 Å². The Hall–Kier alpha value is -2.61. The number of thiazole rings is 1. The summed E-state index contributed by atoms with van der Waals surface area (Å²) >= 11 is 1.39. The molecule has 4 rings (SSSR count). The van der Waals surface area contributed by atoms with Gasteiger partial charge in [-0.15, -0.1) is 11.3 Å². The largest absolute Gasteiger partial charge is 0.497 e. The fourth-order valence-corrected chi connectivity index (χ4v) is 4.68. The maximum Gasteiger partial charge on any atom is 0.273 e. The number of nitrogens with one attached hydrogen (secondary N) is 1. The summed E-state index contributed by atoms with van der Waals surface area (Å²) in [5, 5.41) is 5.65. The number of likely N-dealkylation sites (tertiary alicyclic amines) is 2. The molecule has 154 valence electrons. The van der Waals surface area contributed by atoms with E-state index in [4.69, 9.17) is 4.74 Å². The number of anilines is 2. The number of methoxy groups -OCH3 is 1. The van der Waals surface area contributed by atoms with Gasteiger partial charge in [-0.2, -0.15) is 0 Å². The molecule has 0 aliphatic carbocycles. The number of carbonyl (C=O) groups excluding carboxylic acids is 2. The number of hydrogen-bond acceptors (Lipinski definition) is 6. The Morgan fingerprint density at radius 3 is 2.76 bits per heavy atom. The minimum absolute atomic E-state index is 0.0844. The van der Waals surface area contributed by atoms with Gasteiger partial charge in [0, 0.05) is 43.3 Å². The van der Waals surface area contributed by atoms with Gasteiger partial charge < -0.3 is 19.9 Å². The fraction of sp³-hybridized carbons (Fsp3) is 0.476. The molecule has 1 unspecified atom stereocenters. The van der Waals surface area contributed by atoms with Crippen LogP contribution in [0.5, 0.6) is 5.75 Å². The van der Waals surface area contributed by atoms with Crippen molar-refractivity contribution in [1.82, 2.24) is 14.8 Å². The number of ether oxygens (including phenoxy) is 1. The minimum Gasteiger partial charge on any atom is -0.497 e. The second-order valence-corrected chi connectivity index (χ2v) is 8.38. The standard InChI is InChI=1S/C21H26N4O3S/c1-28-17-8-4-7-16(12-17)22-21-23-18(14-29-21)20(27)25-11-5-6-15(13-25)19(26)24-9-2-3-10-24/h4,7-8,12,14-15H,2-3,5-6,9-11,13H2,1H3,(H,22,23). The lowest BCUT2D eigenvalue weighted by atomic mass is 9.96.